The highest BCUT2D eigenvalue weighted by Gasteiger charge is 2.33. The Bertz CT molecular complexity index is 610. The summed E-state index contributed by atoms with van der Waals surface area (Å²) in [5, 5.41) is 6.35. The average Bonchev–Trinajstić information content (AvgIpc) is 2.53. The standard InChI is InChI=1S/C19H27N3O2.ClH/c1-13-5-3-4-6-17(13)18(23)21-16-7-9-22(10-8-16)19(24)14(2)15-11-20-12-15;/h3-6,14-16,20H,7-12H2,1-2H3,(H,21,23);1H. The molecule has 2 amide bonds. The summed E-state index contributed by atoms with van der Waals surface area (Å²) >= 11 is 0. The van der Waals surface area contributed by atoms with Crippen LogP contribution in [-0.4, -0.2) is 48.9 Å². The van der Waals surface area contributed by atoms with Crippen LogP contribution in [0.4, 0.5) is 0 Å². The van der Waals surface area contributed by atoms with Crippen LogP contribution in [0.1, 0.15) is 35.7 Å². The molecule has 5 nitrogen and oxygen atoms in total. The molecule has 1 unspecified atom stereocenters. The molecule has 25 heavy (non-hydrogen) atoms. The van der Waals surface area contributed by atoms with Crippen molar-refractivity contribution in [3.05, 3.63) is 35.4 Å². The quantitative estimate of drug-likeness (QED) is 0.857. The van der Waals surface area contributed by atoms with Gasteiger partial charge in [-0.05, 0) is 50.4 Å². The highest BCUT2D eigenvalue weighted by molar-refractivity contribution is 5.95. The fourth-order valence-corrected chi connectivity index (χ4v) is 3.49. The summed E-state index contributed by atoms with van der Waals surface area (Å²) in [5.74, 6) is 0.845. The number of rotatable bonds is 4. The summed E-state index contributed by atoms with van der Waals surface area (Å²) in [6.07, 6.45) is 1.66. The van der Waals surface area contributed by atoms with E-state index in [0.717, 1.165) is 50.1 Å². The first-order valence-corrected chi connectivity index (χ1v) is 8.92. The number of hydrogen-bond acceptors (Lipinski definition) is 3. The van der Waals surface area contributed by atoms with Gasteiger partial charge in [0.25, 0.3) is 5.91 Å². The Kier molecular flexibility index (Phi) is 6.85. The van der Waals surface area contributed by atoms with E-state index in [1.165, 1.54) is 0 Å². The lowest BCUT2D eigenvalue weighted by Crippen LogP contribution is -2.53. The molecule has 2 aliphatic heterocycles. The molecular formula is C19H28ClN3O2. The van der Waals surface area contributed by atoms with Gasteiger partial charge in [0, 0.05) is 30.6 Å². The Morgan fingerprint density at radius 3 is 2.40 bits per heavy atom. The van der Waals surface area contributed by atoms with Crippen molar-refractivity contribution >= 4 is 24.2 Å². The maximum atomic E-state index is 12.5. The Balaban J connectivity index is 0.00000225. The van der Waals surface area contributed by atoms with Gasteiger partial charge in [0.15, 0.2) is 0 Å². The van der Waals surface area contributed by atoms with E-state index in [0.29, 0.717) is 5.92 Å². The summed E-state index contributed by atoms with van der Waals surface area (Å²) in [7, 11) is 0. The molecule has 2 fully saturated rings. The van der Waals surface area contributed by atoms with E-state index in [-0.39, 0.29) is 36.2 Å². The average molecular weight is 366 g/mol. The number of benzene rings is 1. The van der Waals surface area contributed by atoms with E-state index < -0.39 is 0 Å². The van der Waals surface area contributed by atoms with Crippen LogP contribution in [0.2, 0.25) is 0 Å². The monoisotopic (exact) mass is 365 g/mol. The predicted octanol–water partition coefficient (Wildman–Crippen LogP) is 1.99. The third kappa shape index (κ3) is 4.53. The number of carbonyl (C=O) groups is 2. The first kappa shape index (κ1) is 19.7. The maximum absolute atomic E-state index is 12.5. The van der Waals surface area contributed by atoms with E-state index in [4.69, 9.17) is 0 Å². The van der Waals surface area contributed by atoms with Crippen molar-refractivity contribution in [3.63, 3.8) is 0 Å². The van der Waals surface area contributed by atoms with Gasteiger partial charge in [-0.25, -0.2) is 0 Å². The van der Waals surface area contributed by atoms with Crippen molar-refractivity contribution in [2.45, 2.75) is 32.7 Å². The zero-order valence-corrected chi connectivity index (χ0v) is 15.8. The largest absolute Gasteiger partial charge is 0.349 e. The first-order chi connectivity index (χ1) is 11.6. The highest BCUT2D eigenvalue weighted by atomic mass is 35.5. The maximum Gasteiger partial charge on any atom is 0.251 e. The molecule has 0 radical (unpaired) electrons. The summed E-state index contributed by atoms with van der Waals surface area (Å²) < 4.78 is 0. The molecule has 0 saturated carbocycles. The molecule has 0 spiro atoms. The lowest BCUT2D eigenvalue weighted by atomic mass is 9.87. The van der Waals surface area contributed by atoms with Crippen molar-refractivity contribution in [1.82, 2.24) is 15.5 Å². The second-order valence-electron chi connectivity index (χ2n) is 7.09. The van der Waals surface area contributed by atoms with E-state index in [1.807, 2.05) is 43.0 Å². The van der Waals surface area contributed by atoms with Gasteiger partial charge in [0.1, 0.15) is 0 Å². The van der Waals surface area contributed by atoms with E-state index >= 15 is 0 Å². The molecule has 2 heterocycles. The van der Waals surface area contributed by atoms with E-state index in [1.54, 1.807) is 0 Å². The first-order valence-electron chi connectivity index (χ1n) is 8.92. The Hall–Kier alpha value is -1.59. The number of nitrogens with zero attached hydrogens (tertiary/aromatic N) is 1. The predicted molar refractivity (Wildman–Crippen MR) is 101 cm³/mol. The molecule has 0 aromatic heterocycles. The summed E-state index contributed by atoms with van der Waals surface area (Å²) in [6, 6.07) is 7.79. The zero-order chi connectivity index (χ0) is 17.1. The second-order valence-corrected chi connectivity index (χ2v) is 7.09. The molecule has 1 aromatic carbocycles. The summed E-state index contributed by atoms with van der Waals surface area (Å²) in [6.45, 7) is 7.38. The van der Waals surface area contributed by atoms with Gasteiger partial charge >= 0.3 is 0 Å². The number of nitrogens with one attached hydrogen (secondary N) is 2. The van der Waals surface area contributed by atoms with Gasteiger partial charge in [0.2, 0.25) is 5.91 Å². The molecule has 2 saturated heterocycles. The van der Waals surface area contributed by atoms with Crippen molar-refractivity contribution in [3.8, 4) is 0 Å². The number of halogens is 1. The zero-order valence-electron chi connectivity index (χ0n) is 15.0. The van der Waals surface area contributed by atoms with Crippen molar-refractivity contribution in [2.24, 2.45) is 11.8 Å². The second kappa shape index (κ2) is 8.68. The number of likely N-dealkylation sites (tertiary alicyclic amines) is 1. The minimum atomic E-state index is -0.00760. The van der Waals surface area contributed by atoms with Crippen LogP contribution in [0.5, 0.6) is 0 Å². The molecule has 138 valence electrons. The third-order valence-electron chi connectivity index (χ3n) is 5.44. The topological polar surface area (TPSA) is 61.4 Å². The van der Waals surface area contributed by atoms with E-state index in [2.05, 4.69) is 10.6 Å². The number of amides is 2. The Morgan fingerprint density at radius 2 is 1.84 bits per heavy atom. The number of hydrogen-bond donors (Lipinski definition) is 2. The molecule has 0 bridgehead atoms. The lowest BCUT2D eigenvalue weighted by Gasteiger charge is -2.38. The minimum absolute atomic E-state index is 0. The van der Waals surface area contributed by atoms with Crippen LogP contribution < -0.4 is 10.6 Å². The van der Waals surface area contributed by atoms with Gasteiger partial charge in [-0.1, -0.05) is 25.1 Å². The molecular weight excluding hydrogens is 338 g/mol. The van der Waals surface area contributed by atoms with Crippen LogP contribution in [-0.2, 0) is 4.79 Å². The molecule has 1 atom stereocenters. The number of carbonyl (C=O) groups excluding carboxylic acids is 2. The van der Waals surface area contributed by atoms with Gasteiger partial charge < -0.3 is 15.5 Å². The van der Waals surface area contributed by atoms with Gasteiger partial charge in [0.05, 0.1) is 0 Å². The molecule has 3 rings (SSSR count). The fraction of sp³-hybridized carbons (Fsp3) is 0.579. The van der Waals surface area contributed by atoms with Crippen LogP contribution in [0.3, 0.4) is 0 Å². The van der Waals surface area contributed by atoms with Crippen molar-refractivity contribution in [2.75, 3.05) is 26.2 Å². The third-order valence-corrected chi connectivity index (χ3v) is 5.44. The molecule has 6 heteroatoms. The van der Waals surface area contributed by atoms with E-state index in [9.17, 15) is 9.59 Å². The van der Waals surface area contributed by atoms with Crippen LogP contribution in [0, 0.1) is 18.8 Å². The lowest BCUT2D eigenvalue weighted by molar-refractivity contribution is -0.138. The van der Waals surface area contributed by atoms with Crippen LogP contribution >= 0.6 is 12.4 Å². The summed E-state index contributed by atoms with van der Waals surface area (Å²) in [4.78, 5) is 26.9. The smallest absolute Gasteiger partial charge is 0.251 e. The molecule has 1 aromatic rings. The molecule has 2 N–H and O–H groups in total. The Labute approximate surface area is 155 Å². The molecule has 0 aliphatic carbocycles. The highest BCUT2D eigenvalue weighted by Crippen LogP contribution is 2.21. The Morgan fingerprint density at radius 1 is 1.20 bits per heavy atom. The SMILES string of the molecule is Cc1ccccc1C(=O)NC1CCN(C(=O)C(C)C2CNC2)CC1.Cl. The summed E-state index contributed by atoms with van der Waals surface area (Å²) in [5.41, 5.74) is 1.73. The van der Waals surface area contributed by atoms with Gasteiger partial charge in [-0.15, -0.1) is 12.4 Å². The van der Waals surface area contributed by atoms with Gasteiger partial charge in [-0.2, -0.15) is 0 Å². The van der Waals surface area contributed by atoms with Crippen LogP contribution in [0.15, 0.2) is 24.3 Å². The van der Waals surface area contributed by atoms with Gasteiger partial charge in [-0.3, -0.25) is 9.59 Å². The normalized spacial score (nSPS) is 19.5. The van der Waals surface area contributed by atoms with Crippen molar-refractivity contribution < 1.29 is 9.59 Å². The van der Waals surface area contributed by atoms with Crippen LogP contribution in [0.25, 0.3) is 0 Å². The minimum Gasteiger partial charge on any atom is -0.349 e. The fourth-order valence-electron chi connectivity index (χ4n) is 3.49. The molecule has 2 aliphatic rings. The number of aryl methyl sites for hydroxylation is 1. The number of piperidine rings is 1. The van der Waals surface area contributed by atoms with Crippen molar-refractivity contribution in [1.29, 1.82) is 0 Å².